The molecule has 6 heteroatoms. The van der Waals surface area contributed by atoms with Crippen LogP contribution in [0.4, 0.5) is 0 Å². The highest BCUT2D eigenvalue weighted by atomic mass is 16.6. The Morgan fingerprint density at radius 2 is 0.532 bits per heavy atom. The van der Waals surface area contributed by atoms with E-state index in [1.54, 1.807) is 0 Å². The average molecular weight is 1080 g/mol. The first-order valence-electron chi connectivity index (χ1n) is 33.4. The molecule has 0 aliphatic heterocycles. The third kappa shape index (κ3) is 63.6. The Morgan fingerprint density at radius 3 is 0.844 bits per heavy atom. The summed E-state index contributed by atoms with van der Waals surface area (Å²) >= 11 is 0. The normalized spacial score (nSPS) is 12.5. The molecule has 0 saturated heterocycles. The predicted molar refractivity (Wildman–Crippen MR) is 335 cm³/mol. The van der Waals surface area contributed by atoms with Gasteiger partial charge in [-0.1, -0.05) is 312 Å². The Bertz CT molecular complexity index is 1420. The third-order valence-corrected chi connectivity index (χ3v) is 14.7. The lowest BCUT2D eigenvalue weighted by atomic mass is 10.0. The summed E-state index contributed by atoms with van der Waals surface area (Å²) in [4.78, 5) is 38.3. The second kappa shape index (κ2) is 65.4. The van der Waals surface area contributed by atoms with Crippen molar-refractivity contribution >= 4 is 17.9 Å². The molecule has 0 bridgehead atoms. The highest BCUT2D eigenvalue weighted by molar-refractivity contribution is 5.71. The first-order valence-corrected chi connectivity index (χ1v) is 33.4. The molecule has 1 unspecified atom stereocenters. The molecule has 0 heterocycles. The molecule has 1 atom stereocenters. The molecular weight excluding hydrogens is 949 g/mol. The lowest BCUT2D eigenvalue weighted by Crippen LogP contribution is -2.30. The SMILES string of the molecule is CC/C=C\C/C=C\C/C=C\C/C=C\CCCCCCCCCCCCCCCCCCC(=O)OCC(COC(=O)CCCCCCC/C=C\C/C=C\CCC)OC(=O)CCCCCCCCCCCCCCCCCCC. The van der Waals surface area contributed by atoms with Gasteiger partial charge in [-0.05, 0) is 83.5 Å². The summed E-state index contributed by atoms with van der Waals surface area (Å²) in [5.41, 5.74) is 0. The van der Waals surface area contributed by atoms with Crippen molar-refractivity contribution in [2.24, 2.45) is 0 Å². The van der Waals surface area contributed by atoms with Crippen molar-refractivity contribution in [2.45, 2.75) is 348 Å². The smallest absolute Gasteiger partial charge is 0.306 e. The van der Waals surface area contributed by atoms with Gasteiger partial charge in [0.2, 0.25) is 0 Å². The molecule has 6 nitrogen and oxygen atoms in total. The third-order valence-electron chi connectivity index (χ3n) is 14.7. The van der Waals surface area contributed by atoms with Crippen LogP contribution >= 0.6 is 0 Å². The maximum atomic E-state index is 12.9. The number of unbranched alkanes of at least 4 members (excludes halogenated alkanes) is 38. The molecule has 0 saturated carbocycles. The monoisotopic (exact) mass is 1070 g/mol. The number of carbonyl (C=O) groups is 3. The van der Waals surface area contributed by atoms with Gasteiger partial charge < -0.3 is 14.2 Å². The summed E-state index contributed by atoms with van der Waals surface area (Å²) < 4.78 is 16.9. The summed E-state index contributed by atoms with van der Waals surface area (Å²) in [5, 5.41) is 0. The van der Waals surface area contributed by atoms with E-state index in [0.717, 1.165) is 109 Å². The topological polar surface area (TPSA) is 78.9 Å². The number of carbonyl (C=O) groups excluding carboxylic acids is 3. The molecule has 0 N–H and O–H groups in total. The Hall–Kier alpha value is -3.15. The molecule has 0 radical (unpaired) electrons. The van der Waals surface area contributed by atoms with E-state index in [0.29, 0.717) is 19.3 Å². The molecule has 0 aromatic rings. The molecule has 0 fully saturated rings. The maximum Gasteiger partial charge on any atom is 0.306 e. The molecule has 0 aliphatic rings. The molecule has 446 valence electrons. The van der Waals surface area contributed by atoms with Crippen LogP contribution in [0.2, 0.25) is 0 Å². The van der Waals surface area contributed by atoms with Gasteiger partial charge in [0.15, 0.2) is 6.10 Å². The quantitative estimate of drug-likeness (QED) is 0.0261. The second-order valence-electron chi connectivity index (χ2n) is 22.4. The van der Waals surface area contributed by atoms with Gasteiger partial charge in [-0.2, -0.15) is 0 Å². The number of esters is 3. The van der Waals surface area contributed by atoms with Gasteiger partial charge in [0.25, 0.3) is 0 Å². The van der Waals surface area contributed by atoms with E-state index >= 15 is 0 Å². The van der Waals surface area contributed by atoms with Crippen LogP contribution in [0.1, 0.15) is 342 Å². The Kier molecular flexibility index (Phi) is 62.7. The van der Waals surface area contributed by atoms with Crippen molar-refractivity contribution < 1.29 is 28.6 Å². The van der Waals surface area contributed by atoms with Gasteiger partial charge in [-0.15, -0.1) is 0 Å². The summed E-state index contributed by atoms with van der Waals surface area (Å²) in [5.74, 6) is -0.870. The van der Waals surface area contributed by atoms with Crippen molar-refractivity contribution in [1.29, 1.82) is 0 Å². The van der Waals surface area contributed by atoms with Crippen molar-refractivity contribution in [3.8, 4) is 0 Å². The van der Waals surface area contributed by atoms with Crippen molar-refractivity contribution in [3.05, 3.63) is 72.9 Å². The zero-order valence-corrected chi connectivity index (χ0v) is 51.2. The van der Waals surface area contributed by atoms with E-state index < -0.39 is 6.10 Å². The second-order valence-corrected chi connectivity index (χ2v) is 22.4. The Morgan fingerprint density at radius 1 is 0.273 bits per heavy atom. The molecule has 77 heavy (non-hydrogen) atoms. The molecule has 0 aliphatic carbocycles. The van der Waals surface area contributed by atoms with Gasteiger partial charge in [0.05, 0.1) is 0 Å². The minimum Gasteiger partial charge on any atom is -0.462 e. The van der Waals surface area contributed by atoms with Gasteiger partial charge >= 0.3 is 17.9 Å². The van der Waals surface area contributed by atoms with E-state index in [4.69, 9.17) is 14.2 Å². The number of rotatable bonds is 61. The highest BCUT2D eigenvalue weighted by Gasteiger charge is 2.19. The van der Waals surface area contributed by atoms with Crippen molar-refractivity contribution in [1.82, 2.24) is 0 Å². The van der Waals surface area contributed by atoms with Crippen LogP contribution in [0.5, 0.6) is 0 Å². The molecule has 0 aromatic heterocycles. The number of allylic oxidation sites excluding steroid dienone is 12. The van der Waals surface area contributed by atoms with Gasteiger partial charge in [0.1, 0.15) is 13.2 Å². The zero-order chi connectivity index (χ0) is 55.7. The maximum absolute atomic E-state index is 12.9. The fourth-order valence-electron chi connectivity index (χ4n) is 9.71. The van der Waals surface area contributed by atoms with E-state index in [2.05, 4.69) is 93.7 Å². The predicted octanol–water partition coefficient (Wildman–Crippen LogP) is 22.9. The Labute approximate surface area is 478 Å². The summed E-state index contributed by atoms with van der Waals surface area (Å²) in [6.07, 6.45) is 84.9. The molecule has 0 amide bonds. The average Bonchev–Trinajstić information content (AvgIpc) is 3.43. The molecular formula is C71H126O6. The highest BCUT2D eigenvalue weighted by Crippen LogP contribution is 2.18. The first kappa shape index (κ1) is 73.8. The number of ether oxygens (including phenoxy) is 3. The van der Waals surface area contributed by atoms with Crippen LogP contribution < -0.4 is 0 Å². The number of hydrogen-bond donors (Lipinski definition) is 0. The van der Waals surface area contributed by atoms with Crippen molar-refractivity contribution in [3.63, 3.8) is 0 Å². The van der Waals surface area contributed by atoms with E-state index in [1.165, 1.54) is 193 Å². The molecule has 0 rings (SSSR count). The van der Waals surface area contributed by atoms with Gasteiger partial charge in [-0.25, -0.2) is 0 Å². The van der Waals surface area contributed by atoms with E-state index in [1.807, 2.05) is 0 Å². The lowest BCUT2D eigenvalue weighted by Gasteiger charge is -2.18. The van der Waals surface area contributed by atoms with Crippen LogP contribution in [-0.2, 0) is 28.6 Å². The summed E-state index contributed by atoms with van der Waals surface area (Å²) in [6.45, 7) is 6.50. The van der Waals surface area contributed by atoms with Crippen LogP contribution in [0.25, 0.3) is 0 Å². The Balaban J connectivity index is 4.20. The number of hydrogen-bond acceptors (Lipinski definition) is 6. The minimum absolute atomic E-state index is 0.0753. The largest absolute Gasteiger partial charge is 0.462 e. The molecule has 0 spiro atoms. The van der Waals surface area contributed by atoms with Gasteiger partial charge in [0, 0.05) is 19.3 Å². The van der Waals surface area contributed by atoms with Crippen molar-refractivity contribution in [2.75, 3.05) is 13.2 Å². The standard InChI is InChI=1S/C71H126O6/c1-4-7-10-13-16-19-22-25-27-29-30-31-32-33-34-35-36-37-38-39-40-42-43-46-49-52-55-58-61-64-70(73)76-67-68(66-75-69(72)63-60-57-54-51-48-45-24-21-18-15-12-9-6-3)77-71(74)65-62-59-56-53-50-47-44-41-28-26-23-20-17-14-11-8-5-2/h7,10,12,15-16,19,21,24-25,27,30-31,68H,4-6,8-9,11,13-14,17-18,20,22-23,26,28-29,32-67H2,1-3H3/b10-7-,15-12-,19-16-,24-21-,27-25-,31-30-. The van der Waals surface area contributed by atoms with Gasteiger partial charge in [-0.3, -0.25) is 14.4 Å². The fourth-order valence-corrected chi connectivity index (χ4v) is 9.71. The summed E-state index contributed by atoms with van der Waals surface area (Å²) in [6, 6.07) is 0. The summed E-state index contributed by atoms with van der Waals surface area (Å²) in [7, 11) is 0. The first-order chi connectivity index (χ1) is 38.0. The molecule has 0 aromatic carbocycles. The van der Waals surface area contributed by atoms with E-state index in [9.17, 15) is 14.4 Å². The van der Waals surface area contributed by atoms with Crippen LogP contribution in [0.15, 0.2) is 72.9 Å². The van der Waals surface area contributed by atoms with E-state index in [-0.39, 0.29) is 31.1 Å². The lowest BCUT2D eigenvalue weighted by molar-refractivity contribution is -0.167. The minimum atomic E-state index is -0.779. The van der Waals surface area contributed by atoms with Crippen LogP contribution in [-0.4, -0.2) is 37.2 Å². The fraction of sp³-hybridized carbons (Fsp3) is 0.789. The van der Waals surface area contributed by atoms with Crippen LogP contribution in [0.3, 0.4) is 0 Å². The van der Waals surface area contributed by atoms with Crippen LogP contribution in [0, 0.1) is 0 Å². The zero-order valence-electron chi connectivity index (χ0n) is 51.2.